The molecule has 6 aromatic carbocycles. The zero-order valence-electron chi connectivity index (χ0n) is 23.8. The molecule has 0 unspecified atom stereocenters. The Morgan fingerprint density at radius 3 is 1.70 bits per heavy atom. The van der Waals surface area contributed by atoms with Crippen LogP contribution < -0.4 is 0 Å². The van der Waals surface area contributed by atoms with Gasteiger partial charge in [0.25, 0.3) is 0 Å². The van der Waals surface area contributed by atoms with Gasteiger partial charge in [-0.25, -0.2) is 9.97 Å². The highest BCUT2D eigenvalue weighted by molar-refractivity contribution is 6.12. The van der Waals surface area contributed by atoms with E-state index in [0.29, 0.717) is 0 Å². The number of nitrogens with zero attached hydrogens (tertiary/aromatic N) is 3. The molecule has 0 bridgehead atoms. The van der Waals surface area contributed by atoms with Crippen LogP contribution in [0.25, 0.3) is 87.9 Å². The Morgan fingerprint density at radius 2 is 0.955 bits per heavy atom. The van der Waals surface area contributed by atoms with E-state index in [2.05, 4.69) is 145 Å². The van der Waals surface area contributed by atoms with Crippen molar-refractivity contribution >= 4 is 54.3 Å². The summed E-state index contributed by atoms with van der Waals surface area (Å²) in [5, 5.41) is 8.08. The zero-order valence-corrected chi connectivity index (χ0v) is 23.8. The quantitative estimate of drug-likeness (QED) is 0.202. The first kappa shape index (κ1) is 24.6. The van der Waals surface area contributed by atoms with E-state index in [1.807, 2.05) is 12.3 Å². The molecule has 9 aromatic rings. The molecule has 3 nitrogen and oxygen atoms in total. The van der Waals surface area contributed by atoms with Gasteiger partial charge >= 0.3 is 0 Å². The second-order valence-corrected chi connectivity index (χ2v) is 11.3. The first-order valence-corrected chi connectivity index (χ1v) is 14.9. The smallest absolute Gasteiger partial charge is 0.0780 e. The predicted molar refractivity (Wildman–Crippen MR) is 184 cm³/mol. The molecule has 204 valence electrons. The Kier molecular flexibility index (Phi) is 5.50. The van der Waals surface area contributed by atoms with Crippen LogP contribution in [-0.4, -0.2) is 15.0 Å². The van der Waals surface area contributed by atoms with Crippen molar-refractivity contribution in [2.24, 2.45) is 0 Å². The fraction of sp³-hybridized carbons (Fsp3) is 0. The summed E-state index contributed by atoms with van der Waals surface area (Å²) in [7, 11) is 0. The van der Waals surface area contributed by atoms with E-state index in [-0.39, 0.29) is 0 Å². The Hall–Kier alpha value is -5.93. The third kappa shape index (κ3) is 4.02. The molecule has 0 spiro atoms. The molecule has 0 atom stereocenters. The highest BCUT2D eigenvalue weighted by Crippen LogP contribution is 2.35. The third-order valence-electron chi connectivity index (χ3n) is 8.67. The fourth-order valence-electron chi connectivity index (χ4n) is 6.47. The Balaban J connectivity index is 1.16. The van der Waals surface area contributed by atoms with E-state index in [0.717, 1.165) is 77.1 Å². The Morgan fingerprint density at radius 1 is 0.364 bits per heavy atom. The number of pyridine rings is 3. The summed E-state index contributed by atoms with van der Waals surface area (Å²) in [4.78, 5) is 15.0. The number of fused-ring (bicyclic) bond motifs is 6. The van der Waals surface area contributed by atoms with E-state index in [1.54, 1.807) is 0 Å². The highest BCUT2D eigenvalue weighted by atomic mass is 14.7. The van der Waals surface area contributed by atoms with Crippen molar-refractivity contribution in [2.45, 2.75) is 0 Å². The maximum Gasteiger partial charge on any atom is 0.0780 e. The minimum absolute atomic E-state index is 0.955. The van der Waals surface area contributed by atoms with Crippen molar-refractivity contribution in [3.63, 3.8) is 0 Å². The molecule has 3 aromatic heterocycles. The monoisotopic (exact) mass is 559 g/mol. The second-order valence-electron chi connectivity index (χ2n) is 11.3. The van der Waals surface area contributed by atoms with Gasteiger partial charge in [0.1, 0.15) is 0 Å². The van der Waals surface area contributed by atoms with Crippen LogP contribution >= 0.6 is 0 Å². The molecule has 0 saturated heterocycles. The molecule has 0 amide bonds. The summed E-state index contributed by atoms with van der Waals surface area (Å²) in [6, 6.07) is 51.3. The van der Waals surface area contributed by atoms with E-state index in [1.165, 1.54) is 10.8 Å². The second kappa shape index (κ2) is 9.82. The topological polar surface area (TPSA) is 38.7 Å². The summed E-state index contributed by atoms with van der Waals surface area (Å²) < 4.78 is 0. The molecule has 3 heterocycles. The SMILES string of the molecule is c1ccc2c(-c3ccc4ccc(-c5ccc6ccc(-c7cc8cccnc8c8ccccc78)nc6c5)cc4n3)cccc2c1. The normalized spacial score (nSPS) is 11.6. The molecule has 0 aliphatic heterocycles. The van der Waals surface area contributed by atoms with Crippen LogP contribution in [0.15, 0.2) is 152 Å². The average molecular weight is 560 g/mol. The summed E-state index contributed by atoms with van der Waals surface area (Å²) in [5.41, 5.74) is 9.40. The third-order valence-corrected chi connectivity index (χ3v) is 8.67. The lowest BCUT2D eigenvalue weighted by atomic mass is 9.97. The molecule has 0 aliphatic carbocycles. The van der Waals surface area contributed by atoms with Crippen molar-refractivity contribution in [1.82, 2.24) is 15.0 Å². The molecule has 0 saturated carbocycles. The van der Waals surface area contributed by atoms with Crippen molar-refractivity contribution < 1.29 is 0 Å². The first-order valence-electron chi connectivity index (χ1n) is 14.9. The number of hydrogen-bond acceptors (Lipinski definition) is 3. The van der Waals surface area contributed by atoms with Crippen molar-refractivity contribution in [2.75, 3.05) is 0 Å². The zero-order chi connectivity index (χ0) is 29.0. The van der Waals surface area contributed by atoms with Gasteiger partial charge in [0.05, 0.1) is 27.9 Å². The molecule has 0 radical (unpaired) electrons. The lowest BCUT2D eigenvalue weighted by Crippen LogP contribution is -1.90. The van der Waals surface area contributed by atoms with E-state index < -0.39 is 0 Å². The van der Waals surface area contributed by atoms with E-state index >= 15 is 0 Å². The Bertz CT molecular complexity index is 2560. The average Bonchev–Trinajstić information content (AvgIpc) is 3.10. The van der Waals surface area contributed by atoms with Gasteiger partial charge in [-0.05, 0) is 63.7 Å². The largest absolute Gasteiger partial charge is 0.256 e. The molecule has 3 heteroatoms. The standard InChI is InChI=1S/C41H25N3/c1-2-10-32-26(7-1)8-5-13-34(32)37-20-18-27-14-16-29(24-39(27)43-37)30-17-15-28-19-21-38(44-40(28)25-30)36-23-31-9-6-22-42-41(31)35-12-4-3-11-33(35)36/h1-25H. The van der Waals surface area contributed by atoms with Gasteiger partial charge in [0, 0.05) is 38.9 Å². The van der Waals surface area contributed by atoms with Crippen molar-refractivity contribution in [3.8, 4) is 33.6 Å². The molecule has 0 aliphatic rings. The molecule has 0 N–H and O–H groups in total. The molecule has 0 fully saturated rings. The van der Waals surface area contributed by atoms with Gasteiger partial charge in [-0.15, -0.1) is 0 Å². The lowest BCUT2D eigenvalue weighted by Gasteiger charge is -2.11. The van der Waals surface area contributed by atoms with Crippen LogP contribution in [0, 0.1) is 0 Å². The number of benzene rings is 6. The van der Waals surface area contributed by atoms with Gasteiger partial charge in [0.15, 0.2) is 0 Å². The predicted octanol–water partition coefficient (Wildman–Crippen LogP) is 10.6. The van der Waals surface area contributed by atoms with Crippen LogP contribution in [0.5, 0.6) is 0 Å². The summed E-state index contributed by atoms with van der Waals surface area (Å²) >= 11 is 0. The van der Waals surface area contributed by atoms with E-state index in [9.17, 15) is 0 Å². The van der Waals surface area contributed by atoms with Crippen molar-refractivity contribution in [1.29, 1.82) is 0 Å². The maximum absolute atomic E-state index is 5.20. The molecular weight excluding hydrogens is 534 g/mol. The number of hydrogen-bond donors (Lipinski definition) is 0. The minimum atomic E-state index is 0.955. The maximum atomic E-state index is 5.20. The first-order chi connectivity index (χ1) is 21.8. The Labute approximate surface area is 254 Å². The summed E-state index contributed by atoms with van der Waals surface area (Å²) in [5.74, 6) is 0. The van der Waals surface area contributed by atoms with Crippen LogP contribution in [0.2, 0.25) is 0 Å². The summed E-state index contributed by atoms with van der Waals surface area (Å²) in [6.45, 7) is 0. The van der Waals surface area contributed by atoms with Gasteiger partial charge < -0.3 is 0 Å². The number of aromatic nitrogens is 3. The van der Waals surface area contributed by atoms with Crippen LogP contribution in [0.4, 0.5) is 0 Å². The molecule has 9 rings (SSSR count). The van der Waals surface area contributed by atoms with Crippen LogP contribution in [-0.2, 0) is 0 Å². The van der Waals surface area contributed by atoms with Crippen LogP contribution in [0.1, 0.15) is 0 Å². The van der Waals surface area contributed by atoms with Gasteiger partial charge in [-0.3, -0.25) is 4.98 Å². The lowest BCUT2D eigenvalue weighted by molar-refractivity contribution is 1.40. The minimum Gasteiger partial charge on any atom is -0.256 e. The fourth-order valence-corrected chi connectivity index (χ4v) is 6.47. The van der Waals surface area contributed by atoms with E-state index in [4.69, 9.17) is 9.97 Å². The van der Waals surface area contributed by atoms with Crippen LogP contribution in [0.3, 0.4) is 0 Å². The van der Waals surface area contributed by atoms with Crippen molar-refractivity contribution in [3.05, 3.63) is 152 Å². The van der Waals surface area contributed by atoms with Gasteiger partial charge in [-0.2, -0.15) is 0 Å². The van der Waals surface area contributed by atoms with Gasteiger partial charge in [0.2, 0.25) is 0 Å². The highest BCUT2D eigenvalue weighted by Gasteiger charge is 2.12. The molecule has 44 heavy (non-hydrogen) atoms. The summed E-state index contributed by atoms with van der Waals surface area (Å²) in [6.07, 6.45) is 1.86. The number of rotatable bonds is 3. The molecular formula is C41H25N3. The van der Waals surface area contributed by atoms with Gasteiger partial charge in [-0.1, -0.05) is 109 Å².